The van der Waals surface area contributed by atoms with Gasteiger partial charge in [-0.2, -0.15) is 0 Å². The van der Waals surface area contributed by atoms with Gasteiger partial charge >= 0.3 is 6.09 Å². The molecule has 9 heteroatoms. The van der Waals surface area contributed by atoms with Crippen molar-refractivity contribution in [3.63, 3.8) is 0 Å². The van der Waals surface area contributed by atoms with Crippen molar-refractivity contribution in [2.45, 2.75) is 13.0 Å². The molecule has 1 atom stereocenters. The summed E-state index contributed by atoms with van der Waals surface area (Å²) in [5, 5.41) is 0. The highest BCUT2D eigenvalue weighted by Gasteiger charge is 2.35. The van der Waals surface area contributed by atoms with E-state index < -0.39 is 12.2 Å². The summed E-state index contributed by atoms with van der Waals surface area (Å²) in [6.07, 6.45) is 0.672. The number of likely N-dealkylation sites (N-methyl/N-ethyl adjacent to an activating group) is 1. The summed E-state index contributed by atoms with van der Waals surface area (Å²) in [5.74, 6) is 0.941. The number of nitrogens with zero attached hydrogens (tertiary/aromatic N) is 3. The van der Waals surface area contributed by atoms with Gasteiger partial charge in [0.1, 0.15) is 17.7 Å². The Bertz CT molecular complexity index is 813. The fourth-order valence-corrected chi connectivity index (χ4v) is 3.03. The zero-order valence-corrected chi connectivity index (χ0v) is 15.5. The molecule has 0 spiro atoms. The molecule has 0 bridgehead atoms. The number of carbonyl (C=O) groups is 2. The van der Waals surface area contributed by atoms with Crippen molar-refractivity contribution in [1.82, 2.24) is 5.48 Å². The lowest BCUT2D eigenvalue weighted by Gasteiger charge is -2.29. The topological polar surface area (TPSA) is 92.7 Å². The van der Waals surface area contributed by atoms with E-state index in [0.29, 0.717) is 29.5 Å². The third-order valence-electron chi connectivity index (χ3n) is 4.46. The highest BCUT2D eigenvalue weighted by Crippen LogP contribution is 2.40. The van der Waals surface area contributed by atoms with Crippen LogP contribution in [0.4, 0.5) is 16.2 Å². The smallest absolute Gasteiger partial charge is 0.414 e. The molecule has 1 fully saturated rings. The van der Waals surface area contributed by atoms with Crippen LogP contribution in [0.5, 0.6) is 5.75 Å². The number of nitrogens with one attached hydrogen (secondary N) is 1. The second-order valence-electron chi connectivity index (χ2n) is 6.15. The molecule has 1 aromatic carbocycles. The normalized spacial score (nSPS) is 19.5. The minimum Gasteiger partial charge on any atom is -0.481 e. The van der Waals surface area contributed by atoms with E-state index in [1.807, 2.05) is 6.92 Å². The number of hydroxylamine groups is 1. The lowest BCUT2D eigenvalue weighted by atomic mass is 10.1. The summed E-state index contributed by atoms with van der Waals surface area (Å²) < 4.78 is 11.0. The van der Waals surface area contributed by atoms with E-state index in [-0.39, 0.29) is 20.5 Å². The van der Waals surface area contributed by atoms with Gasteiger partial charge in [0.05, 0.1) is 31.6 Å². The van der Waals surface area contributed by atoms with Crippen molar-refractivity contribution in [3.05, 3.63) is 30.4 Å². The highest BCUT2D eigenvalue weighted by molar-refractivity contribution is 5.99. The Morgan fingerprint density at radius 3 is 2.93 bits per heavy atom. The number of amides is 2. The van der Waals surface area contributed by atoms with Gasteiger partial charge in [-0.3, -0.25) is 19.5 Å². The third-order valence-corrected chi connectivity index (χ3v) is 4.46. The van der Waals surface area contributed by atoms with Crippen LogP contribution in [0.15, 0.2) is 29.8 Å². The molecule has 2 aliphatic rings. The van der Waals surface area contributed by atoms with Crippen LogP contribution in [-0.2, 0) is 14.4 Å². The van der Waals surface area contributed by atoms with Gasteiger partial charge in [-0.25, -0.2) is 10.3 Å². The number of fused-ring (bicyclic) bond motifs is 1. The van der Waals surface area contributed by atoms with Crippen LogP contribution < -0.4 is 20.0 Å². The van der Waals surface area contributed by atoms with Crippen molar-refractivity contribution in [3.8, 4) is 5.75 Å². The maximum atomic E-state index is 12.4. The van der Waals surface area contributed by atoms with E-state index in [0.717, 1.165) is 5.56 Å². The lowest BCUT2D eigenvalue weighted by Crippen LogP contribution is -2.36. The van der Waals surface area contributed by atoms with E-state index >= 15 is 0 Å². The number of aliphatic imine (C=N–C) groups is 1. The van der Waals surface area contributed by atoms with Gasteiger partial charge in [-0.1, -0.05) is 6.58 Å². The zero-order chi connectivity index (χ0) is 19.6. The molecule has 1 N–H and O–H groups in total. The molecule has 2 amide bonds. The second kappa shape index (κ2) is 7.67. The van der Waals surface area contributed by atoms with Crippen LogP contribution >= 0.6 is 0 Å². The molecule has 0 aliphatic carbocycles. The molecule has 1 unspecified atom stereocenters. The molecule has 1 aromatic rings. The first-order valence-electron chi connectivity index (χ1n) is 8.43. The Labute approximate surface area is 158 Å². The van der Waals surface area contributed by atoms with E-state index in [4.69, 9.17) is 14.3 Å². The van der Waals surface area contributed by atoms with Gasteiger partial charge in [-0.15, -0.1) is 0 Å². The number of hydrogen-bond donors (Lipinski definition) is 1. The fourth-order valence-electron chi connectivity index (χ4n) is 3.03. The number of ether oxygens (including phenoxy) is 2. The average molecular weight is 376 g/mol. The molecule has 9 nitrogen and oxygen atoms in total. The molecule has 27 heavy (non-hydrogen) atoms. The monoisotopic (exact) mass is 376 g/mol. The standard InChI is InChI=1S/C18H22N4O5.H2/c1-5-15(20-25-4)19-8-12-9-22(18(24)27-12)13-6-7-14-17(11(13)2)26-10-16(23)21(14)3;/h5-7,12H,1,8-10H2,2-4H3,(H,19,20);1H. The number of rotatable bonds is 5. The van der Waals surface area contributed by atoms with E-state index in [2.05, 4.69) is 17.1 Å². The van der Waals surface area contributed by atoms with Crippen LogP contribution in [0.2, 0.25) is 0 Å². The van der Waals surface area contributed by atoms with Gasteiger partial charge < -0.3 is 14.4 Å². The third kappa shape index (κ3) is 3.59. The number of cyclic esters (lactones) is 1. The van der Waals surface area contributed by atoms with Crippen LogP contribution in [-0.4, -0.2) is 57.8 Å². The molecule has 2 heterocycles. The summed E-state index contributed by atoms with van der Waals surface area (Å²) in [7, 11) is 3.18. The Balaban J connectivity index is 0.00000280. The lowest BCUT2D eigenvalue weighted by molar-refractivity contribution is -0.121. The number of amidine groups is 1. The zero-order valence-electron chi connectivity index (χ0n) is 15.5. The first kappa shape index (κ1) is 18.7. The second-order valence-corrected chi connectivity index (χ2v) is 6.15. The number of benzene rings is 1. The Morgan fingerprint density at radius 2 is 2.22 bits per heavy atom. The van der Waals surface area contributed by atoms with Crippen LogP contribution in [0, 0.1) is 6.92 Å². The van der Waals surface area contributed by atoms with Crippen LogP contribution in [0.3, 0.4) is 0 Å². The molecular weight excluding hydrogens is 352 g/mol. The van der Waals surface area contributed by atoms with Gasteiger partial charge in [0, 0.05) is 14.0 Å². The van der Waals surface area contributed by atoms with Gasteiger partial charge in [0.25, 0.3) is 5.91 Å². The molecule has 3 rings (SSSR count). The van der Waals surface area contributed by atoms with Crippen molar-refractivity contribution < 1.29 is 25.3 Å². The van der Waals surface area contributed by atoms with Gasteiger partial charge in [0.15, 0.2) is 6.61 Å². The first-order valence-corrected chi connectivity index (χ1v) is 8.43. The molecular formula is C18H24N4O5. The van der Waals surface area contributed by atoms with Crippen molar-refractivity contribution in [1.29, 1.82) is 0 Å². The predicted octanol–water partition coefficient (Wildman–Crippen LogP) is 1.66. The summed E-state index contributed by atoms with van der Waals surface area (Å²) in [6.45, 7) is 6.10. The van der Waals surface area contributed by atoms with Gasteiger partial charge in [-0.05, 0) is 25.1 Å². The Hall–Kier alpha value is -3.07. The minimum atomic E-state index is -0.446. The van der Waals surface area contributed by atoms with E-state index in [1.165, 1.54) is 13.2 Å². The Morgan fingerprint density at radius 1 is 1.48 bits per heavy atom. The van der Waals surface area contributed by atoms with Crippen molar-refractivity contribution in [2.75, 3.05) is 43.7 Å². The van der Waals surface area contributed by atoms with E-state index in [1.54, 1.807) is 29.0 Å². The van der Waals surface area contributed by atoms with Crippen LogP contribution in [0.1, 0.15) is 6.99 Å². The molecule has 0 saturated carbocycles. The molecule has 2 aliphatic heterocycles. The quantitative estimate of drug-likeness (QED) is 0.477. The molecule has 1 saturated heterocycles. The molecule has 0 radical (unpaired) electrons. The average Bonchev–Trinajstić information content (AvgIpc) is 3.02. The number of anilines is 2. The number of hydrogen-bond acceptors (Lipinski definition) is 6. The summed E-state index contributed by atoms with van der Waals surface area (Å²) >= 11 is 0. The maximum Gasteiger partial charge on any atom is 0.414 e. The largest absolute Gasteiger partial charge is 0.481 e. The fraction of sp³-hybridized carbons (Fsp3) is 0.389. The number of carbonyl (C=O) groups excluding carboxylic acids is 2. The van der Waals surface area contributed by atoms with Crippen molar-refractivity contribution >= 4 is 29.2 Å². The summed E-state index contributed by atoms with van der Waals surface area (Å²) in [4.78, 5) is 36.3. The Kier molecular flexibility index (Phi) is 5.31. The molecule has 0 aromatic heterocycles. The first-order chi connectivity index (χ1) is 13.0. The van der Waals surface area contributed by atoms with Crippen molar-refractivity contribution in [2.24, 2.45) is 4.99 Å². The van der Waals surface area contributed by atoms with E-state index in [9.17, 15) is 9.59 Å². The highest BCUT2D eigenvalue weighted by atomic mass is 16.6. The SMILES string of the molecule is C=CC(=NCC1CN(c2ccc3c(c2C)OCC(=O)N3C)C(=O)O1)NOC.[HH]. The predicted molar refractivity (Wildman–Crippen MR) is 102 cm³/mol. The summed E-state index contributed by atoms with van der Waals surface area (Å²) in [6, 6.07) is 3.56. The minimum absolute atomic E-state index is 0. The van der Waals surface area contributed by atoms with Crippen LogP contribution in [0.25, 0.3) is 0 Å². The van der Waals surface area contributed by atoms with Gasteiger partial charge in [0.2, 0.25) is 0 Å². The maximum absolute atomic E-state index is 12.4. The summed E-state index contributed by atoms with van der Waals surface area (Å²) in [5.41, 5.74) is 4.74. The molecule has 146 valence electrons.